The van der Waals surface area contributed by atoms with Crippen molar-refractivity contribution in [2.75, 3.05) is 13.7 Å². The van der Waals surface area contributed by atoms with Gasteiger partial charge in [0, 0.05) is 13.1 Å². The number of amides is 2. The SMILES string of the molecule is COc1ccc(CCNC(=O)C(=O)NCc2ccccc2)cc1. The molecule has 5 nitrogen and oxygen atoms in total. The Kier molecular flexibility index (Phi) is 6.17. The summed E-state index contributed by atoms with van der Waals surface area (Å²) >= 11 is 0. The van der Waals surface area contributed by atoms with Crippen molar-refractivity contribution in [3.8, 4) is 5.75 Å². The van der Waals surface area contributed by atoms with Crippen molar-refractivity contribution in [2.45, 2.75) is 13.0 Å². The lowest BCUT2D eigenvalue weighted by Crippen LogP contribution is -2.40. The molecule has 0 radical (unpaired) electrons. The van der Waals surface area contributed by atoms with Crippen LogP contribution in [0.5, 0.6) is 5.75 Å². The monoisotopic (exact) mass is 312 g/mol. The Balaban J connectivity index is 1.70. The van der Waals surface area contributed by atoms with E-state index in [-0.39, 0.29) is 0 Å². The standard InChI is InChI=1S/C18H20N2O3/c1-23-16-9-7-14(8-10-16)11-12-19-17(21)18(22)20-13-15-5-3-2-4-6-15/h2-10H,11-13H2,1H3,(H,19,21)(H,20,22). The first kappa shape index (κ1) is 16.5. The average Bonchev–Trinajstić information content (AvgIpc) is 2.61. The van der Waals surface area contributed by atoms with E-state index in [0.717, 1.165) is 16.9 Å². The first-order valence-electron chi connectivity index (χ1n) is 7.42. The lowest BCUT2D eigenvalue weighted by atomic mass is 10.1. The maximum Gasteiger partial charge on any atom is 0.309 e. The van der Waals surface area contributed by atoms with Crippen LogP contribution in [-0.4, -0.2) is 25.5 Å². The Morgan fingerprint density at radius 1 is 0.870 bits per heavy atom. The Morgan fingerprint density at radius 3 is 2.17 bits per heavy atom. The number of carbonyl (C=O) groups is 2. The number of ether oxygens (including phenoxy) is 1. The highest BCUT2D eigenvalue weighted by molar-refractivity contribution is 6.35. The predicted octanol–water partition coefficient (Wildman–Crippen LogP) is 1.67. The summed E-state index contributed by atoms with van der Waals surface area (Å²) in [4.78, 5) is 23.4. The summed E-state index contributed by atoms with van der Waals surface area (Å²) in [7, 11) is 1.61. The molecule has 2 N–H and O–H groups in total. The number of hydrogen-bond acceptors (Lipinski definition) is 3. The summed E-state index contributed by atoms with van der Waals surface area (Å²) in [5.41, 5.74) is 2.02. The molecule has 2 amide bonds. The van der Waals surface area contributed by atoms with Crippen LogP contribution >= 0.6 is 0 Å². The quantitative estimate of drug-likeness (QED) is 0.797. The maximum atomic E-state index is 11.7. The molecule has 0 aliphatic rings. The Bertz CT molecular complexity index is 639. The highest BCUT2D eigenvalue weighted by Gasteiger charge is 2.12. The molecule has 0 spiro atoms. The highest BCUT2D eigenvalue weighted by Crippen LogP contribution is 2.11. The van der Waals surface area contributed by atoms with Gasteiger partial charge in [0.05, 0.1) is 7.11 Å². The van der Waals surface area contributed by atoms with E-state index < -0.39 is 11.8 Å². The molecule has 0 unspecified atom stereocenters. The fourth-order valence-corrected chi connectivity index (χ4v) is 2.05. The van der Waals surface area contributed by atoms with E-state index in [1.54, 1.807) is 7.11 Å². The van der Waals surface area contributed by atoms with Gasteiger partial charge in [0.1, 0.15) is 5.75 Å². The zero-order valence-corrected chi connectivity index (χ0v) is 13.0. The van der Waals surface area contributed by atoms with Crippen LogP contribution in [0.2, 0.25) is 0 Å². The largest absolute Gasteiger partial charge is 0.497 e. The molecule has 0 heterocycles. The van der Waals surface area contributed by atoms with E-state index in [2.05, 4.69) is 10.6 Å². The first-order chi connectivity index (χ1) is 11.2. The van der Waals surface area contributed by atoms with Crippen molar-refractivity contribution >= 4 is 11.8 Å². The van der Waals surface area contributed by atoms with Crippen molar-refractivity contribution < 1.29 is 14.3 Å². The molecule has 120 valence electrons. The summed E-state index contributed by atoms with van der Waals surface area (Å²) in [5, 5.41) is 5.21. The minimum Gasteiger partial charge on any atom is -0.497 e. The lowest BCUT2D eigenvalue weighted by molar-refractivity contribution is -0.139. The number of methoxy groups -OCH3 is 1. The molecular formula is C18H20N2O3. The number of nitrogens with one attached hydrogen (secondary N) is 2. The Hall–Kier alpha value is -2.82. The fourth-order valence-electron chi connectivity index (χ4n) is 2.05. The van der Waals surface area contributed by atoms with Crippen molar-refractivity contribution in [2.24, 2.45) is 0 Å². The van der Waals surface area contributed by atoms with Gasteiger partial charge in [-0.3, -0.25) is 9.59 Å². The molecule has 0 atom stereocenters. The molecule has 0 saturated heterocycles. The molecule has 2 rings (SSSR count). The summed E-state index contributed by atoms with van der Waals surface area (Å²) in [6.45, 7) is 0.746. The zero-order chi connectivity index (χ0) is 16.5. The van der Waals surface area contributed by atoms with E-state index >= 15 is 0 Å². The third kappa shape index (κ3) is 5.47. The molecule has 2 aromatic rings. The van der Waals surface area contributed by atoms with Gasteiger partial charge in [-0.25, -0.2) is 0 Å². The molecule has 2 aromatic carbocycles. The summed E-state index contributed by atoms with van der Waals surface area (Å²) in [5.74, 6) is -0.448. The van der Waals surface area contributed by atoms with Crippen LogP contribution in [0, 0.1) is 0 Å². The van der Waals surface area contributed by atoms with Gasteiger partial charge in [-0.2, -0.15) is 0 Å². The van der Waals surface area contributed by atoms with Gasteiger partial charge < -0.3 is 15.4 Å². The second kappa shape index (κ2) is 8.58. The average molecular weight is 312 g/mol. The maximum absolute atomic E-state index is 11.7. The Morgan fingerprint density at radius 2 is 1.52 bits per heavy atom. The van der Waals surface area contributed by atoms with Gasteiger partial charge in [0.15, 0.2) is 0 Å². The van der Waals surface area contributed by atoms with Gasteiger partial charge >= 0.3 is 11.8 Å². The zero-order valence-electron chi connectivity index (χ0n) is 13.0. The molecular weight excluding hydrogens is 292 g/mol. The second-order valence-corrected chi connectivity index (χ2v) is 5.02. The Labute approximate surface area is 135 Å². The number of benzene rings is 2. The predicted molar refractivity (Wildman–Crippen MR) is 88.0 cm³/mol. The fraction of sp³-hybridized carbons (Fsp3) is 0.222. The van der Waals surface area contributed by atoms with E-state index in [1.807, 2.05) is 54.6 Å². The minimum atomic E-state index is -0.622. The van der Waals surface area contributed by atoms with E-state index in [0.29, 0.717) is 19.5 Å². The van der Waals surface area contributed by atoms with Crippen LogP contribution in [0.4, 0.5) is 0 Å². The van der Waals surface area contributed by atoms with E-state index in [4.69, 9.17) is 4.74 Å². The van der Waals surface area contributed by atoms with Crippen LogP contribution in [0.15, 0.2) is 54.6 Å². The number of carbonyl (C=O) groups excluding carboxylic acids is 2. The third-order valence-electron chi connectivity index (χ3n) is 3.36. The molecule has 0 aromatic heterocycles. The normalized spacial score (nSPS) is 9.96. The van der Waals surface area contributed by atoms with Crippen LogP contribution < -0.4 is 15.4 Å². The minimum absolute atomic E-state index is 0.339. The first-order valence-corrected chi connectivity index (χ1v) is 7.42. The summed E-state index contributed by atoms with van der Waals surface area (Å²) in [6.07, 6.45) is 0.654. The highest BCUT2D eigenvalue weighted by atomic mass is 16.5. The van der Waals surface area contributed by atoms with Gasteiger partial charge in [-0.05, 0) is 29.7 Å². The molecule has 0 aliphatic carbocycles. The third-order valence-corrected chi connectivity index (χ3v) is 3.36. The smallest absolute Gasteiger partial charge is 0.309 e. The molecule has 0 fully saturated rings. The van der Waals surface area contributed by atoms with Crippen molar-refractivity contribution in [3.05, 3.63) is 65.7 Å². The second-order valence-electron chi connectivity index (χ2n) is 5.02. The molecule has 5 heteroatoms. The number of hydrogen-bond donors (Lipinski definition) is 2. The van der Waals surface area contributed by atoms with Crippen molar-refractivity contribution in [3.63, 3.8) is 0 Å². The van der Waals surface area contributed by atoms with Crippen LogP contribution in [0.3, 0.4) is 0 Å². The van der Waals surface area contributed by atoms with Crippen LogP contribution in [0.25, 0.3) is 0 Å². The van der Waals surface area contributed by atoms with Crippen molar-refractivity contribution in [1.29, 1.82) is 0 Å². The summed E-state index contributed by atoms with van der Waals surface area (Å²) in [6, 6.07) is 17.0. The molecule has 0 saturated carbocycles. The van der Waals surface area contributed by atoms with Gasteiger partial charge in [-0.15, -0.1) is 0 Å². The lowest BCUT2D eigenvalue weighted by Gasteiger charge is -2.07. The van der Waals surface area contributed by atoms with Gasteiger partial charge in [-0.1, -0.05) is 42.5 Å². The molecule has 0 aliphatic heterocycles. The van der Waals surface area contributed by atoms with Crippen LogP contribution in [-0.2, 0) is 22.6 Å². The molecule has 0 bridgehead atoms. The van der Waals surface area contributed by atoms with Crippen molar-refractivity contribution in [1.82, 2.24) is 10.6 Å². The van der Waals surface area contributed by atoms with Crippen LogP contribution in [0.1, 0.15) is 11.1 Å². The number of rotatable bonds is 6. The van der Waals surface area contributed by atoms with E-state index in [9.17, 15) is 9.59 Å². The summed E-state index contributed by atoms with van der Waals surface area (Å²) < 4.78 is 5.08. The van der Waals surface area contributed by atoms with E-state index in [1.165, 1.54) is 0 Å². The van der Waals surface area contributed by atoms with Gasteiger partial charge in [0.25, 0.3) is 0 Å². The molecule has 23 heavy (non-hydrogen) atoms. The topological polar surface area (TPSA) is 67.4 Å². The van der Waals surface area contributed by atoms with Gasteiger partial charge in [0.2, 0.25) is 0 Å².